The van der Waals surface area contributed by atoms with Gasteiger partial charge in [0.2, 0.25) is 0 Å². The molecule has 0 saturated carbocycles. The summed E-state index contributed by atoms with van der Waals surface area (Å²) in [6.07, 6.45) is 0.807. The van der Waals surface area contributed by atoms with Crippen molar-refractivity contribution >= 4 is 16.6 Å². The molecule has 0 amide bonds. The summed E-state index contributed by atoms with van der Waals surface area (Å²) in [6, 6.07) is 3.01. The summed E-state index contributed by atoms with van der Waals surface area (Å²) >= 11 is 0. The van der Waals surface area contributed by atoms with E-state index in [1.807, 2.05) is 20.8 Å². The number of nitrogen functional groups attached to an aromatic ring is 1. The van der Waals surface area contributed by atoms with E-state index < -0.39 is 5.82 Å². The fraction of sp³-hybridized carbons (Fsp3) is 0.357. The average molecular weight is 248 g/mol. The maximum Gasteiger partial charge on any atom is 0.167 e. The number of aryl methyl sites for hydroxylation is 1. The third-order valence-corrected chi connectivity index (χ3v) is 3.04. The van der Waals surface area contributed by atoms with Gasteiger partial charge in [-0.3, -0.25) is 4.98 Å². The molecule has 2 N–H and O–H groups in total. The van der Waals surface area contributed by atoms with Crippen molar-refractivity contribution in [2.24, 2.45) is 0 Å². The molecule has 0 bridgehead atoms. The lowest BCUT2D eigenvalue weighted by molar-refractivity contribution is 0.322. The van der Waals surface area contributed by atoms with Crippen LogP contribution in [0, 0.1) is 12.7 Å². The highest BCUT2D eigenvalue weighted by atomic mass is 19.1. The number of fused-ring (bicyclic) bond motifs is 1. The standard InChI is InChI=1S/C14H17FN2O/c1-4-9-8(3)17-12-7-11(15)13(18-5-2)6-10(12)14(9)16/h6-7H,4-5H2,1-3H3,(H2,16,17). The second-order valence-corrected chi connectivity index (χ2v) is 4.18. The Morgan fingerprint density at radius 3 is 2.67 bits per heavy atom. The zero-order chi connectivity index (χ0) is 13.3. The molecule has 4 heteroatoms. The molecule has 1 heterocycles. The van der Waals surface area contributed by atoms with Crippen LogP contribution in [0.2, 0.25) is 0 Å². The van der Waals surface area contributed by atoms with E-state index in [1.165, 1.54) is 6.07 Å². The molecule has 2 rings (SSSR count). The first-order valence-electron chi connectivity index (χ1n) is 6.09. The minimum atomic E-state index is -0.403. The van der Waals surface area contributed by atoms with Crippen molar-refractivity contribution in [3.63, 3.8) is 0 Å². The van der Waals surface area contributed by atoms with Crippen molar-refractivity contribution in [2.45, 2.75) is 27.2 Å². The van der Waals surface area contributed by atoms with Gasteiger partial charge in [0.25, 0.3) is 0 Å². The van der Waals surface area contributed by atoms with Crippen LogP contribution in [0.25, 0.3) is 10.9 Å². The van der Waals surface area contributed by atoms with Crippen molar-refractivity contribution in [2.75, 3.05) is 12.3 Å². The summed E-state index contributed by atoms with van der Waals surface area (Å²) in [6.45, 7) is 6.16. The number of halogens is 1. The summed E-state index contributed by atoms with van der Waals surface area (Å²) in [7, 11) is 0. The maximum atomic E-state index is 13.7. The second-order valence-electron chi connectivity index (χ2n) is 4.18. The van der Waals surface area contributed by atoms with Crippen LogP contribution in [-0.4, -0.2) is 11.6 Å². The van der Waals surface area contributed by atoms with Crippen molar-refractivity contribution in [1.82, 2.24) is 4.98 Å². The van der Waals surface area contributed by atoms with Crippen molar-refractivity contribution < 1.29 is 9.13 Å². The number of anilines is 1. The van der Waals surface area contributed by atoms with E-state index in [9.17, 15) is 4.39 Å². The number of aromatic nitrogens is 1. The third-order valence-electron chi connectivity index (χ3n) is 3.04. The number of benzene rings is 1. The molecule has 18 heavy (non-hydrogen) atoms. The van der Waals surface area contributed by atoms with Gasteiger partial charge >= 0.3 is 0 Å². The van der Waals surface area contributed by atoms with Gasteiger partial charge < -0.3 is 10.5 Å². The number of ether oxygens (including phenoxy) is 1. The molecule has 0 aliphatic heterocycles. The maximum absolute atomic E-state index is 13.7. The molecule has 0 fully saturated rings. The Balaban J connectivity index is 2.74. The molecular formula is C14H17FN2O. The molecule has 0 atom stereocenters. The van der Waals surface area contributed by atoms with Gasteiger partial charge in [-0.15, -0.1) is 0 Å². The monoisotopic (exact) mass is 248 g/mol. The van der Waals surface area contributed by atoms with E-state index in [0.717, 1.165) is 23.1 Å². The number of hydrogen-bond donors (Lipinski definition) is 1. The molecule has 1 aromatic heterocycles. The Morgan fingerprint density at radius 2 is 2.06 bits per heavy atom. The lowest BCUT2D eigenvalue weighted by Gasteiger charge is -2.12. The highest BCUT2D eigenvalue weighted by Gasteiger charge is 2.12. The molecule has 0 aliphatic carbocycles. The van der Waals surface area contributed by atoms with E-state index in [2.05, 4.69) is 4.98 Å². The van der Waals surface area contributed by atoms with Crippen molar-refractivity contribution in [1.29, 1.82) is 0 Å². The zero-order valence-electron chi connectivity index (χ0n) is 10.9. The summed E-state index contributed by atoms with van der Waals surface area (Å²) in [5.74, 6) is -0.177. The molecule has 0 radical (unpaired) electrons. The number of pyridine rings is 1. The Labute approximate surface area is 106 Å². The van der Waals surface area contributed by atoms with Crippen LogP contribution < -0.4 is 10.5 Å². The van der Waals surface area contributed by atoms with Gasteiger partial charge in [0.15, 0.2) is 11.6 Å². The van der Waals surface area contributed by atoms with Gasteiger partial charge in [-0.25, -0.2) is 4.39 Å². The third kappa shape index (κ3) is 1.98. The summed E-state index contributed by atoms with van der Waals surface area (Å²) in [4.78, 5) is 4.39. The lowest BCUT2D eigenvalue weighted by atomic mass is 10.0. The van der Waals surface area contributed by atoms with Crippen LogP contribution in [-0.2, 0) is 6.42 Å². The molecule has 2 aromatic rings. The Hall–Kier alpha value is -1.84. The number of nitrogens with two attached hydrogens (primary N) is 1. The molecular weight excluding hydrogens is 231 g/mol. The van der Waals surface area contributed by atoms with Gasteiger partial charge in [-0.05, 0) is 31.9 Å². The van der Waals surface area contributed by atoms with Gasteiger partial charge in [0.1, 0.15) is 0 Å². The highest BCUT2D eigenvalue weighted by molar-refractivity contribution is 5.93. The zero-order valence-corrected chi connectivity index (χ0v) is 10.9. The van der Waals surface area contributed by atoms with Crippen LogP contribution in [0.3, 0.4) is 0 Å². The minimum absolute atomic E-state index is 0.226. The SMILES string of the molecule is CCOc1cc2c(N)c(CC)c(C)nc2cc1F. The van der Waals surface area contributed by atoms with E-state index in [1.54, 1.807) is 6.07 Å². The van der Waals surface area contributed by atoms with Gasteiger partial charge in [0.05, 0.1) is 12.1 Å². The van der Waals surface area contributed by atoms with Crippen molar-refractivity contribution in [3.8, 4) is 5.75 Å². The molecule has 0 spiro atoms. The minimum Gasteiger partial charge on any atom is -0.491 e. The van der Waals surface area contributed by atoms with E-state index in [0.29, 0.717) is 17.8 Å². The van der Waals surface area contributed by atoms with Gasteiger partial charge in [-0.1, -0.05) is 6.92 Å². The quantitative estimate of drug-likeness (QED) is 0.907. The largest absolute Gasteiger partial charge is 0.491 e. The first-order valence-corrected chi connectivity index (χ1v) is 6.09. The fourth-order valence-corrected chi connectivity index (χ4v) is 2.17. The van der Waals surface area contributed by atoms with Crippen LogP contribution in [0.15, 0.2) is 12.1 Å². The Kier molecular flexibility index (Phi) is 3.36. The second kappa shape index (κ2) is 4.80. The topological polar surface area (TPSA) is 48.1 Å². The van der Waals surface area contributed by atoms with Crippen LogP contribution >= 0.6 is 0 Å². The molecule has 3 nitrogen and oxygen atoms in total. The van der Waals surface area contributed by atoms with Crippen LogP contribution in [0.5, 0.6) is 5.75 Å². The first-order chi connectivity index (χ1) is 8.58. The average Bonchev–Trinajstić information content (AvgIpc) is 2.32. The Bertz CT molecular complexity index is 596. The fourth-order valence-electron chi connectivity index (χ4n) is 2.17. The van der Waals surface area contributed by atoms with Crippen molar-refractivity contribution in [3.05, 3.63) is 29.2 Å². The van der Waals surface area contributed by atoms with E-state index in [4.69, 9.17) is 10.5 Å². The van der Waals surface area contributed by atoms with E-state index >= 15 is 0 Å². The molecule has 0 saturated heterocycles. The summed E-state index contributed by atoms with van der Waals surface area (Å²) in [5.41, 5.74) is 9.23. The van der Waals surface area contributed by atoms with Gasteiger partial charge in [-0.2, -0.15) is 0 Å². The predicted molar refractivity (Wildman–Crippen MR) is 71.4 cm³/mol. The number of hydrogen-bond acceptors (Lipinski definition) is 3. The highest BCUT2D eigenvalue weighted by Crippen LogP contribution is 2.31. The predicted octanol–water partition coefficient (Wildman–Crippen LogP) is 3.23. The molecule has 1 aromatic carbocycles. The molecule has 0 aliphatic rings. The first kappa shape index (κ1) is 12.6. The normalized spacial score (nSPS) is 10.9. The smallest absolute Gasteiger partial charge is 0.167 e. The van der Waals surface area contributed by atoms with Crippen LogP contribution in [0.1, 0.15) is 25.1 Å². The lowest BCUT2D eigenvalue weighted by Crippen LogP contribution is -2.02. The Morgan fingerprint density at radius 1 is 1.33 bits per heavy atom. The molecule has 96 valence electrons. The summed E-state index contributed by atoms with van der Waals surface area (Å²) in [5, 5.41) is 0.752. The van der Waals surface area contributed by atoms with Crippen LogP contribution in [0.4, 0.5) is 10.1 Å². The summed E-state index contributed by atoms with van der Waals surface area (Å²) < 4.78 is 19.0. The molecule has 0 unspecified atom stereocenters. The van der Waals surface area contributed by atoms with Gasteiger partial charge in [0, 0.05) is 22.8 Å². The number of nitrogens with zero attached hydrogens (tertiary/aromatic N) is 1. The number of rotatable bonds is 3. The van der Waals surface area contributed by atoms with E-state index in [-0.39, 0.29) is 5.75 Å².